The van der Waals surface area contributed by atoms with Crippen molar-refractivity contribution in [1.82, 2.24) is 5.32 Å². The molecule has 0 saturated heterocycles. The van der Waals surface area contributed by atoms with Crippen LogP contribution in [0.3, 0.4) is 0 Å². The van der Waals surface area contributed by atoms with Crippen molar-refractivity contribution < 1.29 is 14.7 Å². The van der Waals surface area contributed by atoms with Crippen LogP contribution in [0.15, 0.2) is 21.1 Å². The molecule has 5 nitrogen and oxygen atoms in total. The zero-order valence-corrected chi connectivity index (χ0v) is 13.1. The summed E-state index contributed by atoms with van der Waals surface area (Å²) in [5, 5.41) is 14.2. The lowest BCUT2D eigenvalue weighted by molar-refractivity contribution is -0.117. The van der Waals surface area contributed by atoms with Gasteiger partial charge in [0.15, 0.2) is 5.11 Å². The molecule has 0 fully saturated rings. The second-order valence-electron chi connectivity index (χ2n) is 3.25. The molecule has 0 aliphatic carbocycles. The van der Waals surface area contributed by atoms with Crippen molar-refractivity contribution in [1.29, 1.82) is 0 Å². The second-order valence-corrected chi connectivity index (χ2v) is 5.43. The van der Waals surface area contributed by atoms with Crippen LogP contribution in [0.25, 0.3) is 0 Å². The summed E-state index contributed by atoms with van der Waals surface area (Å²) in [6.45, 7) is 1.31. The predicted molar refractivity (Wildman–Crippen MR) is 78.8 cm³/mol. The summed E-state index contributed by atoms with van der Waals surface area (Å²) < 4.78 is 1.13. The van der Waals surface area contributed by atoms with E-state index in [0.29, 0.717) is 8.95 Å². The molecule has 3 N–H and O–H groups in total. The van der Waals surface area contributed by atoms with Crippen molar-refractivity contribution in [3.8, 4) is 0 Å². The van der Waals surface area contributed by atoms with Gasteiger partial charge in [0.1, 0.15) is 0 Å². The fraction of sp³-hybridized carbons (Fsp3) is 0.100. The molecule has 96 valence electrons. The average Bonchev–Trinajstić information content (AvgIpc) is 2.20. The number of hydrogen-bond donors (Lipinski definition) is 3. The molecular formula is C10H8Br2N2O3S. The molecule has 0 atom stereocenters. The molecule has 1 aromatic carbocycles. The van der Waals surface area contributed by atoms with Crippen molar-refractivity contribution in [2.45, 2.75) is 6.92 Å². The van der Waals surface area contributed by atoms with Crippen LogP contribution in [-0.2, 0) is 4.79 Å². The first-order valence-electron chi connectivity index (χ1n) is 4.62. The Bertz CT molecular complexity index is 534. The molecule has 18 heavy (non-hydrogen) atoms. The molecule has 0 saturated carbocycles. The number of carboxylic acid groups (broad SMARTS) is 1. The Kier molecular flexibility index (Phi) is 5.24. The molecule has 0 aliphatic rings. The first-order valence-corrected chi connectivity index (χ1v) is 6.61. The van der Waals surface area contributed by atoms with E-state index in [1.54, 1.807) is 6.07 Å². The molecule has 0 aliphatic heterocycles. The molecule has 0 radical (unpaired) electrons. The highest BCUT2D eigenvalue weighted by Gasteiger charge is 2.15. The zero-order valence-electron chi connectivity index (χ0n) is 9.08. The third-order valence-corrected chi connectivity index (χ3v) is 3.10. The number of carbonyl (C=O) groups excluding carboxylic acids is 1. The number of anilines is 1. The van der Waals surface area contributed by atoms with Crippen molar-refractivity contribution in [2.75, 3.05) is 5.32 Å². The van der Waals surface area contributed by atoms with Gasteiger partial charge in [0.2, 0.25) is 5.91 Å². The van der Waals surface area contributed by atoms with E-state index in [2.05, 4.69) is 42.5 Å². The maximum absolute atomic E-state index is 11.1. The molecular weight excluding hydrogens is 388 g/mol. The number of amides is 1. The van der Waals surface area contributed by atoms with Gasteiger partial charge in [0.05, 0.1) is 11.3 Å². The maximum Gasteiger partial charge on any atom is 0.337 e. The van der Waals surface area contributed by atoms with E-state index in [9.17, 15) is 9.59 Å². The van der Waals surface area contributed by atoms with Gasteiger partial charge in [-0.2, -0.15) is 0 Å². The lowest BCUT2D eigenvalue weighted by Crippen LogP contribution is -2.32. The van der Waals surface area contributed by atoms with Crippen molar-refractivity contribution >= 4 is 66.8 Å². The summed E-state index contributed by atoms with van der Waals surface area (Å²) in [6, 6.07) is 3.11. The number of carboxylic acids is 1. The quantitative estimate of drug-likeness (QED) is 0.671. The number of halogens is 2. The normalized spacial score (nSPS) is 9.72. The van der Waals surface area contributed by atoms with E-state index in [4.69, 9.17) is 17.3 Å². The van der Waals surface area contributed by atoms with Crippen LogP contribution in [0, 0.1) is 0 Å². The van der Waals surface area contributed by atoms with Crippen LogP contribution >= 0.6 is 44.1 Å². The van der Waals surface area contributed by atoms with Crippen LogP contribution < -0.4 is 10.6 Å². The summed E-state index contributed by atoms with van der Waals surface area (Å²) >= 11 is 11.3. The number of nitrogens with one attached hydrogen (secondary N) is 2. The van der Waals surface area contributed by atoms with Gasteiger partial charge in [-0.15, -0.1) is 0 Å². The summed E-state index contributed by atoms with van der Waals surface area (Å²) in [7, 11) is 0. The van der Waals surface area contributed by atoms with Crippen molar-refractivity contribution in [2.24, 2.45) is 0 Å². The van der Waals surface area contributed by atoms with Crippen LogP contribution in [0.1, 0.15) is 17.3 Å². The predicted octanol–water partition coefficient (Wildman–Crippen LogP) is 2.74. The summed E-state index contributed by atoms with van der Waals surface area (Å²) in [6.07, 6.45) is 0. The van der Waals surface area contributed by atoms with E-state index in [1.807, 2.05) is 0 Å². The molecule has 0 heterocycles. The summed E-state index contributed by atoms with van der Waals surface area (Å²) in [5.41, 5.74) is 0.313. The Labute approximate surface area is 125 Å². The number of thiocarbonyl (C=S) groups is 1. The maximum atomic E-state index is 11.1. The smallest absolute Gasteiger partial charge is 0.337 e. The minimum Gasteiger partial charge on any atom is -0.478 e. The lowest BCUT2D eigenvalue weighted by Gasteiger charge is -2.13. The molecule has 8 heteroatoms. The van der Waals surface area contributed by atoms with Crippen LogP contribution in [-0.4, -0.2) is 22.1 Å². The van der Waals surface area contributed by atoms with Gasteiger partial charge in [-0.3, -0.25) is 4.79 Å². The highest BCUT2D eigenvalue weighted by atomic mass is 79.9. The van der Waals surface area contributed by atoms with E-state index in [1.165, 1.54) is 13.0 Å². The van der Waals surface area contributed by atoms with Crippen LogP contribution in [0.2, 0.25) is 0 Å². The van der Waals surface area contributed by atoms with E-state index >= 15 is 0 Å². The fourth-order valence-corrected chi connectivity index (χ4v) is 2.74. The van der Waals surface area contributed by atoms with E-state index in [-0.39, 0.29) is 22.3 Å². The minimum atomic E-state index is -1.11. The molecule has 1 amide bonds. The number of hydrogen-bond acceptors (Lipinski definition) is 3. The number of carbonyl (C=O) groups is 2. The lowest BCUT2D eigenvalue weighted by atomic mass is 10.2. The molecule has 0 aromatic heterocycles. The second kappa shape index (κ2) is 6.26. The van der Waals surface area contributed by atoms with Gasteiger partial charge in [0, 0.05) is 15.9 Å². The van der Waals surface area contributed by atoms with Gasteiger partial charge in [-0.05, 0) is 40.3 Å². The summed E-state index contributed by atoms with van der Waals surface area (Å²) in [5.74, 6) is -1.44. The minimum absolute atomic E-state index is 0.0314. The third-order valence-electron chi connectivity index (χ3n) is 1.81. The Morgan fingerprint density at radius 1 is 1.33 bits per heavy atom. The number of aromatic carboxylic acids is 1. The highest BCUT2D eigenvalue weighted by molar-refractivity contribution is 9.11. The highest BCUT2D eigenvalue weighted by Crippen LogP contribution is 2.30. The van der Waals surface area contributed by atoms with Crippen molar-refractivity contribution in [3.63, 3.8) is 0 Å². The largest absolute Gasteiger partial charge is 0.478 e. The van der Waals surface area contributed by atoms with E-state index in [0.717, 1.165) is 0 Å². The standard InChI is InChI=1S/C10H8Br2N2O3S/c1-4(15)13-10(18)14-8-6(9(16)17)2-5(11)3-7(8)12/h2-3H,1H3,(H,16,17)(H2,13,14,15,18). The zero-order chi connectivity index (χ0) is 13.9. The number of benzene rings is 1. The monoisotopic (exact) mass is 394 g/mol. The van der Waals surface area contributed by atoms with Gasteiger partial charge in [-0.25, -0.2) is 4.79 Å². The SMILES string of the molecule is CC(=O)NC(=S)Nc1c(Br)cc(Br)cc1C(=O)O. The first kappa shape index (κ1) is 15.1. The molecule has 1 rings (SSSR count). The topological polar surface area (TPSA) is 78.4 Å². The molecule has 0 unspecified atom stereocenters. The van der Waals surface area contributed by atoms with Crippen LogP contribution in [0.4, 0.5) is 5.69 Å². The Morgan fingerprint density at radius 3 is 2.44 bits per heavy atom. The molecule has 1 aromatic rings. The first-order chi connectivity index (χ1) is 8.31. The Hall–Kier alpha value is -0.990. The van der Waals surface area contributed by atoms with E-state index < -0.39 is 5.97 Å². The summed E-state index contributed by atoms with van der Waals surface area (Å²) in [4.78, 5) is 21.9. The Balaban J connectivity index is 3.11. The van der Waals surface area contributed by atoms with Gasteiger partial charge < -0.3 is 15.7 Å². The van der Waals surface area contributed by atoms with Gasteiger partial charge in [-0.1, -0.05) is 15.9 Å². The fourth-order valence-electron chi connectivity index (χ4n) is 1.17. The average molecular weight is 396 g/mol. The van der Waals surface area contributed by atoms with Gasteiger partial charge in [0.25, 0.3) is 0 Å². The van der Waals surface area contributed by atoms with Gasteiger partial charge >= 0.3 is 5.97 Å². The third kappa shape index (κ3) is 4.04. The number of rotatable bonds is 2. The Morgan fingerprint density at radius 2 is 1.94 bits per heavy atom. The van der Waals surface area contributed by atoms with Crippen molar-refractivity contribution in [3.05, 3.63) is 26.6 Å². The molecule has 0 bridgehead atoms. The van der Waals surface area contributed by atoms with Crippen LogP contribution in [0.5, 0.6) is 0 Å². The molecule has 0 spiro atoms.